The highest BCUT2D eigenvalue weighted by Gasteiger charge is 2.37. The first kappa shape index (κ1) is 29.7. The molecule has 3 fully saturated rings. The van der Waals surface area contributed by atoms with Gasteiger partial charge in [-0.05, 0) is 77.4 Å². The van der Waals surface area contributed by atoms with E-state index in [0.717, 1.165) is 29.8 Å². The van der Waals surface area contributed by atoms with Crippen molar-refractivity contribution in [3.05, 3.63) is 58.1 Å². The number of amides is 4. The van der Waals surface area contributed by atoms with Gasteiger partial charge in [-0.25, -0.2) is 9.59 Å². The van der Waals surface area contributed by atoms with Gasteiger partial charge in [0.25, 0.3) is 5.91 Å². The zero-order chi connectivity index (χ0) is 29.9. The molecule has 2 aromatic rings. The molecule has 10 nitrogen and oxygen atoms in total. The number of likely N-dealkylation sites (tertiary alicyclic amines) is 1. The van der Waals surface area contributed by atoms with Crippen LogP contribution < -0.4 is 5.32 Å². The molecule has 230 valence electrons. The maximum absolute atomic E-state index is 13.8. The van der Waals surface area contributed by atoms with Gasteiger partial charge in [-0.15, -0.1) is 0 Å². The van der Waals surface area contributed by atoms with Gasteiger partial charge in [-0.3, -0.25) is 9.69 Å². The van der Waals surface area contributed by atoms with Gasteiger partial charge in [0.2, 0.25) is 0 Å². The average molecular weight is 655 g/mol. The summed E-state index contributed by atoms with van der Waals surface area (Å²) in [7, 11) is 0. The van der Waals surface area contributed by atoms with E-state index >= 15 is 0 Å². The number of para-hydroxylation sites is 1. The number of hydrogen-bond donors (Lipinski definition) is 2. The molecule has 3 aliphatic heterocycles. The Balaban J connectivity index is 1.08. The molecule has 4 aliphatic rings. The summed E-state index contributed by atoms with van der Waals surface area (Å²) >= 11 is 3.35. The fourth-order valence-electron chi connectivity index (χ4n) is 6.93. The Kier molecular flexibility index (Phi) is 9.09. The third kappa shape index (κ3) is 6.77. The van der Waals surface area contributed by atoms with Crippen molar-refractivity contribution in [3.8, 4) is 5.75 Å². The number of halogens is 1. The molecule has 3 heterocycles. The number of piperidine rings is 1. The van der Waals surface area contributed by atoms with Crippen LogP contribution in [0.3, 0.4) is 0 Å². The lowest BCUT2D eigenvalue weighted by Gasteiger charge is -2.38. The average Bonchev–Trinajstić information content (AvgIpc) is 3.69. The molecule has 0 radical (unpaired) electrons. The van der Waals surface area contributed by atoms with Gasteiger partial charge in [-0.1, -0.05) is 37.1 Å². The minimum Gasteiger partial charge on any atom is -0.507 e. The zero-order valence-electron chi connectivity index (χ0n) is 24.4. The Morgan fingerprint density at radius 1 is 0.953 bits per heavy atom. The SMILES string of the molecule is O=C(O[C@H](Cc1ccc(O)c(Br)c1)C(=O)N1CCN(C2CCCC2)C1)N1CCC(N2CCc3ccccc3NC2=O)CC1. The number of carbonyl (C=O) groups is 3. The third-order valence-corrected chi connectivity index (χ3v) is 10.1. The van der Waals surface area contributed by atoms with Crippen LogP contribution in [0.5, 0.6) is 5.75 Å². The highest BCUT2D eigenvalue weighted by atomic mass is 79.9. The molecule has 11 heteroatoms. The van der Waals surface area contributed by atoms with E-state index in [0.29, 0.717) is 56.2 Å². The second-order valence-electron chi connectivity index (χ2n) is 12.1. The van der Waals surface area contributed by atoms with Gasteiger partial charge in [0.15, 0.2) is 6.10 Å². The van der Waals surface area contributed by atoms with Crippen LogP contribution in [0, 0.1) is 0 Å². The molecular weight excluding hydrogens is 614 g/mol. The van der Waals surface area contributed by atoms with E-state index in [-0.39, 0.29) is 30.2 Å². The van der Waals surface area contributed by atoms with Gasteiger partial charge in [0, 0.05) is 56.9 Å². The summed E-state index contributed by atoms with van der Waals surface area (Å²) in [6.07, 6.45) is 5.62. The number of fused-ring (bicyclic) bond motifs is 1. The van der Waals surface area contributed by atoms with E-state index in [9.17, 15) is 19.5 Å². The maximum Gasteiger partial charge on any atom is 0.410 e. The molecule has 0 spiro atoms. The number of phenolic OH excluding ortho intramolecular Hbond substituents is 1. The molecule has 0 aromatic heterocycles. The van der Waals surface area contributed by atoms with Crippen molar-refractivity contribution >= 4 is 39.6 Å². The van der Waals surface area contributed by atoms with Crippen LogP contribution in [0.4, 0.5) is 15.3 Å². The second kappa shape index (κ2) is 13.1. The van der Waals surface area contributed by atoms with E-state index in [2.05, 4.69) is 26.1 Å². The second-order valence-corrected chi connectivity index (χ2v) is 13.0. The van der Waals surface area contributed by atoms with Crippen LogP contribution in [0.15, 0.2) is 46.9 Å². The topological polar surface area (TPSA) is 106 Å². The Hall–Kier alpha value is -3.31. The number of hydrogen-bond acceptors (Lipinski definition) is 6. The van der Waals surface area contributed by atoms with Crippen LogP contribution in [0.2, 0.25) is 0 Å². The lowest BCUT2D eigenvalue weighted by atomic mass is 10.0. The van der Waals surface area contributed by atoms with Crippen LogP contribution in [0.1, 0.15) is 49.7 Å². The molecule has 0 unspecified atom stereocenters. The number of anilines is 1. The first-order valence-electron chi connectivity index (χ1n) is 15.5. The molecule has 1 saturated carbocycles. The first-order valence-corrected chi connectivity index (χ1v) is 16.3. The molecule has 2 N–H and O–H groups in total. The molecule has 1 aliphatic carbocycles. The van der Waals surface area contributed by atoms with Gasteiger partial charge in [0.05, 0.1) is 11.1 Å². The fourth-order valence-corrected chi connectivity index (χ4v) is 7.35. The third-order valence-electron chi connectivity index (χ3n) is 9.42. The molecule has 1 atom stereocenters. The maximum atomic E-state index is 13.8. The molecule has 43 heavy (non-hydrogen) atoms. The van der Waals surface area contributed by atoms with Crippen LogP contribution in [0.25, 0.3) is 0 Å². The minimum absolute atomic E-state index is 0.0244. The smallest absolute Gasteiger partial charge is 0.410 e. The number of carbonyl (C=O) groups excluding carboxylic acids is 3. The lowest BCUT2D eigenvalue weighted by molar-refractivity contribution is -0.140. The molecule has 2 saturated heterocycles. The largest absolute Gasteiger partial charge is 0.507 e. The first-order chi connectivity index (χ1) is 20.9. The van der Waals surface area contributed by atoms with Gasteiger partial charge >= 0.3 is 12.1 Å². The number of benzene rings is 2. The van der Waals surface area contributed by atoms with Crippen LogP contribution >= 0.6 is 15.9 Å². The lowest BCUT2D eigenvalue weighted by Crippen LogP contribution is -2.51. The number of urea groups is 1. The summed E-state index contributed by atoms with van der Waals surface area (Å²) in [5.74, 6) is -0.0751. The molecule has 4 amide bonds. The normalized spacial score (nSPS) is 21.0. The number of nitrogens with zero attached hydrogens (tertiary/aromatic N) is 4. The van der Waals surface area contributed by atoms with Crippen LogP contribution in [-0.2, 0) is 22.4 Å². The zero-order valence-corrected chi connectivity index (χ0v) is 26.0. The van der Waals surface area contributed by atoms with Crippen molar-refractivity contribution < 1.29 is 24.2 Å². The fraction of sp³-hybridized carbons (Fsp3) is 0.531. The Bertz CT molecular complexity index is 1340. The van der Waals surface area contributed by atoms with E-state index in [1.807, 2.05) is 34.1 Å². The van der Waals surface area contributed by atoms with E-state index in [1.54, 1.807) is 23.1 Å². The van der Waals surface area contributed by atoms with Crippen molar-refractivity contribution in [2.45, 2.75) is 69.6 Å². The summed E-state index contributed by atoms with van der Waals surface area (Å²) in [4.78, 5) is 48.0. The number of rotatable bonds is 6. The molecular formula is C32H40BrN5O5. The van der Waals surface area contributed by atoms with E-state index in [1.165, 1.54) is 25.7 Å². The summed E-state index contributed by atoms with van der Waals surface area (Å²) in [6, 6.07) is 13.4. The van der Waals surface area contributed by atoms with E-state index in [4.69, 9.17) is 4.74 Å². The van der Waals surface area contributed by atoms with Crippen molar-refractivity contribution in [2.24, 2.45) is 0 Å². The predicted molar refractivity (Wildman–Crippen MR) is 166 cm³/mol. The monoisotopic (exact) mass is 653 g/mol. The predicted octanol–water partition coefficient (Wildman–Crippen LogP) is 4.80. The number of aromatic hydroxyl groups is 1. The summed E-state index contributed by atoms with van der Waals surface area (Å²) in [6.45, 7) is 3.55. The Labute approximate surface area is 261 Å². The highest BCUT2D eigenvalue weighted by molar-refractivity contribution is 9.10. The highest BCUT2D eigenvalue weighted by Crippen LogP contribution is 2.29. The van der Waals surface area contributed by atoms with Crippen LogP contribution in [-0.4, -0.2) is 100 Å². The van der Waals surface area contributed by atoms with Gasteiger partial charge in [-0.2, -0.15) is 0 Å². The van der Waals surface area contributed by atoms with Crippen molar-refractivity contribution in [2.75, 3.05) is 44.7 Å². The summed E-state index contributed by atoms with van der Waals surface area (Å²) in [5, 5.41) is 13.0. The summed E-state index contributed by atoms with van der Waals surface area (Å²) < 4.78 is 6.50. The molecule has 6 rings (SSSR count). The Morgan fingerprint density at radius 2 is 1.72 bits per heavy atom. The number of phenols is 1. The van der Waals surface area contributed by atoms with Gasteiger partial charge in [0.1, 0.15) is 5.75 Å². The number of ether oxygens (including phenoxy) is 1. The van der Waals surface area contributed by atoms with Gasteiger partial charge < -0.3 is 29.9 Å². The Morgan fingerprint density at radius 3 is 2.49 bits per heavy atom. The quantitative estimate of drug-likeness (QED) is 0.464. The molecule has 0 bridgehead atoms. The van der Waals surface area contributed by atoms with Crippen molar-refractivity contribution in [1.29, 1.82) is 0 Å². The minimum atomic E-state index is -0.972. The van der Waals surface area contributed by atoms with Crippen molar-refractivity contribution in [3.63, 3.8) is 0 Å². The van der Waals surface area contributed by atoms with E-state index < -0.39 is 12.2 Å². The standard InChI is InChI=1S/C32H40BrN5O5/c33-26-19-22(9-10-28(26)39)20-29(30(40)37-18-17-36(21-37)24-6-2-3-7-24)43-32(42)35-14-12-25(13-15-35)38-16-11-23-5-1-4-8-27(23)34-31(38)41/h1,4-5,8-10,19,24-25,29,39H,2-3,6-7,11-18,20-21H2,(H,34,41)/t29-/m1/s1. The number of nitrogens with one attached hydrogen (secondary N) is 1. The summed E-state index contributed by atoms with van der Waals surface area (Å²) in [5.41, 5.74) is 2.77. The molecule has 2 aromatic carbocycles. The van der Waals surface area contributed by atoms with Crippen molar-refractivity contribution in [1.82, 2.24) is 19.6 Å².